The van der Waals surface area contributed by atoms with E-state index in [1.165, 1.54) is 42.5 Å². The van der Waals surface area contributed by atoms with Crippen LogP contribution in [0.15, 0.2) is 59.0 Å². The number of rotatable bonds is 5. The lowest BCUT2D eigenvalue weighted by Gasteiger charge is -2.02. The quantitative estimate of drug-likeness (QED) is 0.357. The first-order chi connectivity index (χ1) is 13.4. The second-order valence-electron chi connectivity index (χ2n) is 5.68. The largest absolute Gasteiger partial charge is 0.478 e. The summed E-state index contributed by atoms with van der Waals surface area (Å²) in [6, 6.07) is 15.4. The number of furan rings is 1. The van der Waals surface area contributed by atoms with E-state index in [0.717, 1.165) is 0 Å². The molecule has 2 aromatic carbocycles. The van der Waals surface area contributed by atoms with Crippen LogP contribution in [-0.4, -0.2) is 16.0 Å². The molecule has 138 valence electrons. The van der Waals surface area contributed by atoms with Crippen LogP contribution in [0.25, 0.3) is 23.0 Å². The number of carboxylic acids is 1. The van der Waals surface area contributed by atoms with Crippen LogP contribution in [0.4, 0.5) is 5.69 Å². The number of benzene rings is 2. The minimum Gasteiger partial charge on any atom is -0.478 e. The number of hydrogen-bond acceptors (Lipinski definition) is 5. The second kappa shape index (κ2) is 7.78. The zero-order chi connectivity index (χ0) is 20.3. The van der Waals surface area contributed by atoms with Crippen molar-refractivity contribution in [2.75, 3.05) is 0 Å². The third kappa shape index (κ3) is 3.92. The molecule has 1 aromatic heterocycles. The molecule has 0 aliphatic carbocycles. The van der Waals surface area contributed by atoms with Gasteiger partial charge in [-0.15, -0.1) is 0 Å². The molecule has 28 heavy (non-hydrogen) atoms. The van der Waals surface area contributed by atoms with Gasteiger partial charge >= 0.3 is 5.97 Å². The predicted octanol–water partition coefficient (Wildman–Crippen LogP) is 5.27. The molecule has 0 saturated carbocycles. The Balaban J connectivity index is 1.90. The molecule has 0 amide bonds. The molecule has 0 spiro atoms. The van der Waals surface area contributed by atoms with Gasteiger partial charge in [-0.2, -0.15) is 5.26 Å². The summed E-state index contributed by atoms with van der Waals surface area (Å²) in [6.45, 7) is 0. The molecule has 0 radical (unpaired) electrons. The van der Waals surface area contributed by atoms with E-state index >= 15 is 0 Å². The van der Waals surface area contributed by atoms with Crippen LogP contribution in [0.1, 0.15) is 21.7 Å². The third-order valence-electron chi connectivity index (χ3n) is 3.91. The maximum atomic E-state index is 11.0. The summed E-state index contributed by atoms with van der Waals surface area (Å²) < 4.78 is 5.70. The molecule has 0 unspecified atom stereocenters. The SMILES string of the molecule is N#C/C(=C/c1ccc(-c2ccc(C(=O)O)c(Cl)c2)o1)c1ccc([N+](=O)[O-])cc1. The highest BCUT2D eigenvalue weighted by molar-refractivity contribution is 6.33. The number of non-ortho nitro benzene ring substituents is 1. The summed E-state index contributed by atoms with van der Waals surface area (Å²) >= 11 is 5.98. The van der Waals surface area contributed by atoms with Crippen molar-refractivity contribution in [3.8, 4) is 17.4 Å². The van der Waals surface area contributed by atoms with Gasteiger partial charge < -0.3 is 9.52 Å². The van der Waals surface area contributed by atoms with Crippen molar-refractivity contribution in [2.24, 2.45) is 0 Å². The topological polar surface area (TPSA) is 117 Å². The summed E-state index contributed by atoms with van der Waals surface area (Å²) in [5, 5.41) is 29.2. The van der Waals surface area contributed by atoms with Gasteiger partial charge in [-0.3, -0.25) is 10.1 Å². The van der Waals surface area contributed by atoms with Gasteiger partial charge in [0.15, 0.2) is 0 Å². The van der Waals surface area contributed by atoms with Crippen molar-refractivity contribution in [2.45, 2.75) is 0 Å². The molecule has 0 aliphatic rings. The average molecular weight is 395 g/mol. The molecular formula is C20H11ClN2O5. The zero-order valence-corrected chi connectivity index (χ0v) is 14.9. The molecule has 0 aliphatic heterocycles. The first kappa shape index (κ1) is 18.9. The Morgan fingerprint density at radius 1 is 1.18 bits per heavy atom. The minimum atomic E-state index is -1.12. The molecule has 0 atom stereocenters. The van der Waals surface area contributed by atoms with E-state index in [9.17, 15) is 20.2 Å². The fourth-order valence-electron chi connectivity index (χ4n) is 2.51. The van der Waals surface area contributed by atoms with Crippen LogP contribution < -0.4 is 0 Å². The Kier molecular flexibility index (Phi) is 5.25. The zero-order valence-electron chi connectivity index (χ0n) is 14.1. The molecule has 1 N–H and O–H groups in total. The smallest absolute Gasteiger partial charge is 0.337 e. The number of allylic oxidation sites excluding steroid dienone is 1. The maximum Gasteiger partial charge on any atom is 0.337 e. The van der Waals surface area contributed by atoms with Gasteiger partial charge in [0, 0.05) is 17.7 Å². The van der Waals surface area contributed by atoms with Crippen LogP contribution in [-0.2, 0) is 0 Å². The van der Waals surface area contributed by atoms with Crippen molar-refractivity contribution < 1.29 is 19.2 Å². The lowest BCUT2D eigenvalue weighted by molar-refractivity contribution is -0.384. The Morgan fingerprint density at radius 3 is 2.46 bits per heavy atom. The van der Waals surface area contributed by atoms with Crippen LogP contribution in [0, 0.1) is 21.4 Å². The standard InChI is InChI=1S/C20H11ClN2O5/c21-18-10-13(3-7-17(18)20(24)25)19-8-6-16(28-19)9-14(11-22)12-1-4-15(5-2-12)23(26)27/h1-10H,(H,24,25)/b14-9-. The van der Waals surface area contributed by atoms with Gasteiger partial charge in [0.25, 0.3) is 5.69 Å². The molecule has 3 rings (SSSR count). The van der Waals surface area contributed by atoms with Gasteiger partial charge in [-0.25, -0.2) is 4.79 Å². The van der Waals surface area contributed by atoms with E-state index in [0.29, 0.717) is 22.6 Å². The van der Waals surface area contributed by atoms with E-state index in [4.69, 9.17) is 21.1 Å². The van der Waals surface area contributed by atoms with Crippen LogP contribution >= 0.6 is 11.6 Å². The van der Waals surface area contributed by atoms with Crippen molar-refractivity contribution in [3.63, 3.8) is 0 Å². The number of carbonyl (C=O) groups is 1. The Hall–Kier alpha value is -3.89. The van der Waals surface area contributed by atoms with E-state index in [1.54, 1.807) is 18.2 Å². The number of nitriles is 1. The summed E-state index contributed by atoms with van der Waals surface area (Å²) in [4.78, 5) is 21.3. The van der Waals surface area contributed by atoms with Crippen molar-refractivity contribution >= 4 is 34.9 Å². The lowest BCUT2D eigenvalue weighted by Crippen LogP contribution is -1.96. The fourth-order valence-corrected chi connectivity index (χ4v) is 2.77. The summed E-state index contributed by atoms with van der Waals surface area (Å²) in [5.41, 5.74) is 1.29. The second-order valence-corrected chi connectivity index (χ2v) is 6.08. The Morgan fingerprint density at radius 2 is 1.89 bits per heavy atom. The number of carboxylic acid groups (broad SMARTS) is 1. The highest BCUT2D eigenvalue weighted by atomic mass is 35.5. The molecule has 1 heterocycles. The number of hydrogen-bond donors (Lipinski definition) is 1. The van der Waals surface area contributed by atoms with E-state index in [1.807, 2.05) is 6.07 Å². The van der Waals surface area contributed by atoms with Crippen molar-refractivity contribution in [3.05, 3.63) is 86.6 Å². The Labute approximate surface area is 163 Å². The molecule has 7 nitrogen and oxygen atoms in total. The van der Waals surface area contributed by atoms with Gasteiger partial charge in [0.1, 0.15) is 11.5 Å². The Bertz CT molecular complexity index is 1140. The van der Waals surface area contributed by atoms with Gasteiger partial charge in [0.2, 0.25) is 0 Å². The van der Waals surface area contributed by atoms with E-state index in [2.05, 4.69) is 0 Å². The van der Waals surface area contributed by atoms with Gasteiger partial charge in [0.05, 0.1) is 27.2 Å². The predicted molar refractivity (Wildman–Crippen MR) is 103 cm³/mol. The summed E-state index contributed by atoms with van der Waals surface area (Å²) in [6.07, 6.45) is 1.51. The molecule has 0 saturated heterocycles. The number of nitrogens with zero attached hydrogens (tertiary/aromatic N) is 2. The molecule has 0 bridgehead atoms. The van der Waals surface area contributed by atoms with Crippen molar-refractivity contribution in [1.29, 1.82) is 5.26 Å². The van der Waals surface area contributed by atoms with Crippen LogP contribution in [0.3, 0.4) is 0 Å². The van der Waals surface area contributed by atoms with E-state index in [-0.39, 0.29) is 21.8 Å². The van der Waals surface area contributed by atoms with Gasteiger partial charge in [-0.1, -0.05) is 17.7 Å². The lowest BCUT2D eigenvalue weighted by atomic mass is 10.1. The van der Waals surface area contributed by atoms with Gasteiger partial charge in [-0.05, 0) is 48.0 Å². The molecule has 0 fully saturated rings. The highest BCUT2D eigenvalue weighted by Crippen LogP contribution is 2.29. The number of nitro groups is 1. The maximum absolute atomic E-state index is 11.0. The molecule has 3 aromatic rings. The summed E-state index contributed by atoms with van der Waals surface area (Å²) in [7, 11) is 0. The highest BCUT2D eigenvalue weighted by Gasteiger charge is 2.12. The van der Waals surface area contributed by atoms with Crippen LogP contribution in [0.2, 0.25) is 5.02 Å². The van der Waals surface area contributed by atoms with Crippen molar-refractivity contribution in [1.82, 2.24) is 0 Å². The minimum absolute atomic E-state index is 0.0120. The third-order valence-corrected chi connectivity index (χ3v) is 4.22. The first-order valence-corrected chi connectivity index (χ1v) is 8.26. The molecular weight excluding hydrogens is 384 g/mol. The van der Waals surface area contributed by atoms with E-state index < -0.39 is 10.9 Å². The van der Waals surface area contributed by atoms with Crippen LogP contribution in [0.5, 0.6) is 0 Å². The number of nitro benzene ring substituents is 1. The fraction of sp³-hybridized carbons (Fsp3) is 0. The normalized spacial score (nSPS) is 11.1. The first-order valence-electron chi connectivity index (χ1n) is 7.88. The average Bonchev–Trinajstić information content (AvgIpc) is 3.14. The number of aromatic carboxylic acids is 1. The number of halogens is 1. The monoisotopic (exact) mass is 394 g/mol. The molecule has 8 heteroatoms. The summed E-state index contributed by atoms with van der Waals surface area (Å²) in [5.74, 6) is -0.282.